The van der Waals surface area contributed by atoms with Crippen LogP contribution in [0.3, 0.4) is 0 Å². The van der Waals surface area contributed by atoms with Gasteiger partial charge in [-0.25, -0.2) is 17.2 Å². The summed E-state index contributed by atoms with van der Waals surface area (Å²) >= 11 is 0. The van der Waals surface area contributed by atoms with E-state index >= 15 is 0 Å². The molecule has 0 aromatic heterocycles. The van der Waals surface area contributed by atoms with Crippen molar-refractivity contribution in [1.82, 2.24) is 4.72 Å². The molecule has 6 nitrogen and oxygen atoms in total. The van der Waals surface area contributed by atoms with Gasteiger partial charge in [0.25, 0.3) is 0 Å². The first kappa shape index (κ1) is 22.0. The van der Waals surface area contributed by atoms with Crippen LogP contribution < -0.4 is 14.8 Å². The van der Waals surface area contributed by atoms with Crippen LogP contribution in [0.15, 0.2) is 42.5 Å². The second kappa shape index (κ2) is 7.84. The van der Waals surface area contributed by atoms with E-state index in [1.54, 1.807) is 0 Å². The van der Waals surface area contributed by atoms with Crippen LogP contribution in [0.4, 0.5) is 27.6 Å². The van der Waals surface area contributed by atoms with Gasteiger partial charge in [0.05, 0.1) is 5.75 Å². The average molecular weight is 450 g/mol. The SMILES string of the molecule is O=C(Nc1ccc(OC(F)(F)F)cc1)C1(NS(=O)(=O)Cc2ccc(F)cc2F)CC1. The van der Waals surface area contributed by atoms with Gasteiger partial charge < -0.3 is 10.1 Å². The third-order valence-corrected chi connectivity index (χ3v) is 5.63. The lowest BCUT2D eigenvalue weighted by Gasteiger charge is -2.18. The van der Waals surface area contributed by atoms with Crippen molar-refractivity contribution in [3.05, 3.63) is 59.7 Å². The summed E-state index contributed by atoms with van der Waals surface area (Å²) in [6.07, 6.45) is -4.50. The Balaban J connectivity index is 1.64. The van der Waals surface area contributed by atoms with Crippen LogP contribution in [0, 0.1) is 11.6 Å². The molecule has 1 aliphatic rings. The number of anilines is 1. The molecule has 0 bridgehead atoms. The Bertz CT molecular complexity index is 1050. The van der Waals surface area contributed by atoms with Crippen molar-refractivity contribution in [2.45, 2.75) is 30.5 Å². The van der Waals surface area contributed by atoms with Gasteiger partial charge in [-0.15, -0.1) is 13.2 Å². The van der Waals surface area contributed by atoms with E-state index in [0.717, 1.165) is 36.4 Å². The molecule has 1 saturated carbocycles. The molecule has 1 amide bonds. The molecule has 0 radical (unpaired) electrons. The Kier molecular flexibility index (Phi) is 5.74. The smallest absolute Gasteiger partial charge is 0.406 e. The lowest BCUT2D eigenvalue weighted by atomic mass is 10.2. The number of nitrogens with one attached hydrogen (secondary N) is 2. The zero-order chi connectivity index (χ0) is 22.2. The van der Waals surface area contributed by atoms with Crippen molar-refractivity contribution >= 4 is 21.6 Å². The molecule has 0 atom stereocenters. The number of carbonyl (C=O) groups is 1. The number of sulfonamides is 1. The van der Waals surface area contributed by atoms with Gasteiger partial charge in [-0.3, -0.25) is 4.79 Å². The molecular weight excluding hydrogens is 435 g/mol. The highest BCUT2D eigenvalue weighted by Gasteiger charge is 2.52. The number of alkyl halides is 3. The fourth-order valence-electron chi connectivity index (χ4n) is 2.67. The summed E-state index contributed by atoms with van der Waals surface area (Å²) in [7, 11) is -4.15. The number of benzene rings is 2. The van der Waals surface area contributed by atoms with Crippen LogP contribution in [0.1, 0.15) is 18.4 Å². The van der Waals surface area contributed by atoms with E-state index in [2.05, 4.69) is 14.8 Å². The Morgan fingerprint density at radius 1 is 1.07 bits per heavy atom. The van der Waals surface area contributed by atoms with E-state index < -0.39 is 51.0 Å². The summed E-state index contributed by atoms with van der Waals surface area (Å²) in [5.41, 5.74) is -1.58. The van der Waals surface area contributed by atoms with Gasteiger partial charge in [-0.2, -0.15) is 4.72 Å². The number of amides is 1. The van der Waals surface area contributed by atoms with Gasteiger partial charge in [0, 0.05) is 17.3 Å². The highest BCUT2D eigenvalue weighted by atomic mass is 32.2. The van der Waals surface area contributed by atoms with Gasteiger partial charge in [0.15, 0.2) is 0 Å². The minimum Gasteiger partial charge on any atom is -0.406 e. The van der Waals surface area contributed by atoms with Crippen molar-refractivity contribution < 1.29 is 39.9 Å². The molecule has 0 unspecified atom stereocenters. The molecule has 0 aliphatic heterocycles. The summed E-state index contributed by atoms with van der Waals surface area (Å²) in [4.78, 5) is 12.5. The molecule has 2 aromatic carbocycles. The van der Waals surface area contributed by atoms with Crippen LogP contribution in [0.2, 0.25) is 0 Å². The Morgan fingerprint density at radius 2 is 1.70 bits per heavy atom. The van der Waals surface area contributed by atoms with Crippen molar-refractivity contribution in [2.75, 3.05) is 5.32 Å². The third-order valence-electron chi connectivity index (χ3n) is 4.24. The lowest BCUT2D eigenvalue weighted by Crippen LogP contribution is -2.46. The molecule has 0 saturated heterocycles. The predicted molar refractivity (Wildman–Crippen MR) is 95.8 cm³/mol. The zero-order valence-corrected chi connectivity index (χ0v) is 15.9. The minimum atomic E-state index is -4.86. The maximum absolute atomic E-state index is 13.7. The Morgan fingerprint density at radius 3 is 2.23 bits per heavy atom. The summed E-state index contributed by atoms with van der Waals surface area (Å²) in [6.45, 7) is 0. The fraction of sp³-hybridized carbons (Fsp3) is 0.278. The van der Waals surface area contributed by atoms with Crippen molar-refractivity contribution in [1.29, 1.82) is 0 Å². The lowest BCUT2D eigenvalue weighted by molar-refractivity contribution is -0.274. The van der Waals surface area contributed by atoms with Gasteiger partial charge >= 0.3 is 6.36 Å². The maximum Gasteiger partial charge on any atom is 0.573 e. The monoisotopic (exact) mass is 450 g/mol. The first-order valence-electron chi connectivity index (χ1n) is 8.50. The number of halogens is 5. The number of carbonyl (C=O) groups excluding carboxylic acids is 1. The molecule has 30 heavy (non-hydrogen) atoms. The molecule has 162 valence electrons. The number of hydrogen-bond acceptors (Lipinski definition) is 4. The van der Waals surface area contributed by atoms with Gasteiger partial charge in [-0.1, -0.05) is 6.07 Å². The van der Waals surface area contributed by atoms with E-state index in [4.69, 9.17) is 0 Å². The summed E-state index contributed by atoms with van der Waals surface area (Å²) in [5.74, 6) is -3.88. The molecule has 2 aromatic rings. The van der Waals surface area contributed by atoms with Crippen molar-refractivity contribution in [3.8, 4) is 5.75 Å². The quantitative estimate of drug-likeness (QED) is 0.633. The maximum atomic E-state index is 13.7. The van der Waals surface area contributed by atoms with Crippen LogP contribution in [0.5, 0.6) is 5.75 Å². The van der Waals surface area contributed by atoms with Gasteiger partial charge in [-0.05, 0) is 43.2 Å². The largest absolute Gasteiger partial charge is 0.573 e. The van der Waals surface area contributed by atoms with Crippen LogP contribution in [0.25, 0.3) is 0 Å². The molecule has 1 aliphatic carbocycles. The first-order chi connectivity index (χ1) is 13.9. The molecule has 0 heterocycles. The van der Waals surface area contributed by atoms with Gasteiger partial charge in [0.2, 0.25) is 15.9 Å². The van der Waals surface area contributed by atoms with E-state index in [1.807, 2.05) is 0 Å². The number of ether oxygens (including phenoxy) is 1. The van der Waals surface area contributed by atoms with Crippen molar-refractivity contribution in [3.63, 3.8) is 0 Å². The second-order valence-electron chi connectivity index (χ2n) is 6.71. The normalized spacial score (nSPS) is 15.5. The van der Waals surface area contributed by atoms with E-state index in [9.17, 15) is 35.2 Å². The Hall–Kier alpha value is -2.73. The summed E-state index contributed by atoms with van der Waals surface area (Å²) < 4.78 is 93.9. The van der Waals surface area contributed by atoms with E-state index in [1.165, 1.54) is 0 Å². The molecule has 1 fully saturated rings. The van der Waals surface area contributed by atoms with Crippen LogP contribution in [-0.2, 0) is 20.6 Å². The van der Waals surface area contributed by atoms with Crippen LogP contribution >= 0.6 is 0 Å². The highest BCUT2D eigenvalue weighted by molar-refractivity contribution is 7.88. The molecule has 12 heteroatoms. The topological polar surface area (TPSA) is 84.5 Å². The van der Waals surface area contributed by atoms with Crippen molar-refractivity contribution in [2.24, 2.45) is 0 Å². The highest BCUT2D eigenvalue weighted by Crippen LogP contribution is 2.38. The third kappa shape index (κ3) is 5.66. The summed E-state index contributed by atoms with van der Waals surface area (Å²) in [6, 6.07) is 6.77. The molecule has 2 N–H and O–H groups in total. The molecular formula is C18H15F5N2O4S. The zero-order valence-electron chi connectivity index (χ0n) is 15.1. The molecule has 0 spiro atoms. The van der Waals surface area contributed by atoms with Gasteiger partial charge in [0.1, 0.15) is 22.9 Å². The van der Waals surface area contributed by atoms with E-state index in [-0.39, 0.29) is 24.1 Å². The molecule has 3 rings (SSSR count). The number of rotatable bonds is 7. The Labute approximate surface area is 168 Å². The first-order valence-corrected chi connectivity index (χ1v) is 10.2. The standard InChI is InChI=1S/C18H15F5N2O4S/c19-12-2-1-11(15(20)9-12)10-30(27,28)25-17(7-8-17)16(26)24-13-3-5-14(6-4-13)29-18(21,22)23/h1-6,9,25H,7-8,10H2,(H,24,26). The van der Waals surface area contributed by atoms with E-state index in [0.29, 0.717) is 6.07 Å². The number of hydrogen-bond donors (Lipinski definition) is 2. The second-order valence-corrected chi connectivity index (χ2v) is 8.43. The van der Waals surface area contributed by atoms with Crippen LogP contribution in [-0.4, -0.2) is 26.2 Å². The fourth-order valence-corrected chi connectivity index (χ4v) is 4.28. The predicted octanol–water partition coefficient (Wildman–Crippen LogP) is 3.45. The minimum absolute atomic E-state index is 0.129. The summed E-state index contributed by atoms with van der Waals surface area (Å²) in [5, 5.41) is 2.41. The average Bonchev–Trinajstić information content (AvgIpc) is 3.38.